The van der Waals surface area contributed by atoms with Gasteiger partial charge in [0.1, 0.15) is 6.61 Å². The van der Waals surface area contributed by atoms with Crippen LogP contribution in [0.1, 0.15) is 17.3 Å². The molecule has 2 amide bonds. The second kappa shape index (κ2) is 11.4. The lowest BCUT2D eigenvalue weighted by atomic mass is 10.1. The summed E-state index contributed by atoms with van der Waals surface area (Å²) in [5.74, 6) is 0.182. The van der Waals surface area contributed by atoms with Gasteiger partial charge in [-0.3, -0.25) is 14.9 Å². The molecule has 0 unspecified atom stereocenters. The van der Waals surface area contributed by atoms with Gasteiger partial charge in [-0.2, -0.15) is 0 Å². The number of ether oxygens (including phenoxy) is 4. The van der Waals surface area contributed by atoms with Gasteiger partial charge < -0.3 is 24.3 Å². The third kappa shape index (κ3) is 7.10. The summed E-state index contributed by atoms with van der Waals surface area (Å²) in [4.78, 5) is 35.3. The molecule has 0 aliphatic heterocycles. The van der Waals surface area contributed by atoms with E-state index in [-0.39, 0.29) is 19.0 Å². The minimum Gasteiger partial charge on any atom is -0.493 e. The molecule has 0 saturated heterocycles. The van der Waals surface area contributed by atoms with E-state index in [0.29, 0.717) is 35.0 Å². The van der Waals surface area contributed by atoms with Gasteiger partial charge in [0.2, 0.25) is 0 Å². The maximum Gasteiger partial charge on any atom is 0.411 e. The molecule has 0 aliphatic carbocycles. The van der Waals surface area contributed by atoms with Crippen molar-refractivity contribution < 1.29 is 33.3 Å². The molecule has 0 saturated carbocycles. The summed E-state index contributed by atoms with van der Waals surface area (Å²) in [5, 5.41) is 5.23. The Labute approximate surface area is 174 Å². The summed E-state index contributed by atoms with van der Waals surface area (Å²) in [6.45, 7) is 1.61. The van der Waals surface area contributed by atoms with Crippen molar-refractivity contribution in [1.82, 2.24) is 0 Å². The normalized spacial score (nSPS) is 10.1. The van der Waals surface area contributed by atoms with Gasteiger partial charge in [-0.1, -0.05) is 6.07 Å². The number of methoxy groups -OCH3 is 2. The van der Waals surface area contributed by atoms with Crippen molar-refractivity contribution in [2.24, 2.45) is 0 Å². The summed E-state index contributed by atoms with van der Waals surface area (Å²) < 4.78 is 20.4. The van der Waals surface area contributed by atoms with Gasteiger partial charge in [0, 0.05) is 24.0 Å². The highest BCUT2D eigenvalue weighted by molar-refractivity contribution is 5.95. The lowest BCUT2D eigenvalue weighted by molar-refractivity contribution is -0.118. The van der Waals surface area contributed by atoms with Gasteiger partial charge in [0.05, 0.1) is 13.7 Å². The standard InChI is InChI=1S/C21H24N2O7/c1-14(24)15-7-8-18(19(11-15)28-3)30-13-20(25)22-16-5-4-6-17(12-16)23-21(26)29-10-9-27-2/h4-8,11-12H,9-10,13H2,1-3H3,(H,22,25)(H,23,26). The van der Waals surface area contributed by atoms with E-state index in [2.05, 4.69) is 10.6 Å². The number of carbonyl (C=O) groups excluding carboxylic acids is 3. The fourth-order valence-electron chi connectivity index (χ4n) is 2.39. The highest BCUT2D eigenvalue weighted by atomic mass is 16.6. The molecule has 0 heterocycles. The van der Waals surface area contributed by atoms with Crippen LogP contribution in [0, 0.1) is 0 Å². The molecule has 2 aromatic rings. The molecule has 2 rings (SSSR count). The van der Waals surface area contributed by atoms with Crippen molar-refractivity contribution in [1.29, 1.82) is 0 Å². The van der Waals surface area contributed by atoms with Crippen molar-refractivity contribution in [3.05, 3.63) is 48.0 Å². The average molecular weight is 416 g/mol. The molecule has 9 heteroatoms. The Bertz CT molecular complexity index is 899. The Morgan fingerprint density at radius 1 is 0.900 bits per heavy atom. The molecule has 30 heavy (non-hydrogen) atoms. The van der Waals surface area contributed by atoms with Crippen LogP contribution in [0.3, 0.4) is 0 Å². The largest absolute Gasteiger partial charge is 0.493 e. The molecule has 160 valence electrons. The highest BCUT2D eigenvalue weighted by Gasteiger charge is 2.11. The van der Waals surface area contributed by atoms with E-state index in [1.807, 2.05) is 0 Å². The maximum absolute atomic E-state index is 12.2. The third-order valence-corrected chi connectivity index (χ3v) is 3.84. The number of benzene rings is 2. The van der Waals surface area contributed by atoms with E-state index in [4.69, 9.17) is 18.9 Å². The second-order valence-electron chi connectivity index (χ2n) is 6.09. The third-order valence-electron chi connectivity index (χ3n) is 3.84. The first-order valence-electron chi connectivity index (χ1n) is 9.07. The van der Waals surface area contributed by atoms with E-state index in [9.17, 15) is 14.4 Å². The van der Waals surface area contributed by atoms with Crippen LogP contribution in [-0.4, -0.2) is 51.8 Å². The Morgan fingerprint density at radius 2 is 1.63 bits per heavy atom. The number of carbonyl (C=O) groups is 3. The summed E-state index contributed by atoms with van der Waals surface area (Å²) in [7, 11) is 2.96. The molecule has 0 radical (unpaired) electrons. The number of anilines is 2. The molecule has 0 atom stereocenters. The van der Waals surface area contributed by atoms with Gasteiger partial charge in [-0.05, 0) is 43.3 Å². The predicted molar refractivity (Wildman–Crippen MR) is 110 cm³/mol. The Morgan fingerprint density at radius 3 is 2.30 bits per heavy atom. The first kappa shape index (κ1) is 22.7. The minimum atomic E-state index is -0.625. The van der Waals surface area contributed by atoms with Gasteiger partial charge in [-0.25, -0.2) is 4.79 Å². The first-order valence-corrected chi connectivity index (χ1v) is 9.07. The van der Waals surface area contributed by atoms with Crippen molar-refractivity contribution in [3.8, 4) is 11.5 Å². The minimum absolute atomic E-state index is 0.103. The monoisotopic (exact) mass is 416 g/mol. The lowest BCUT2D eigenvalue weighted by Gasteiger charge is -2.12. The zero-order valence-electron chi connectivity index (χ0n) is 17.0. The topological polar surface area (TPSA) is 112 Å². The molecular formula is C21H24N2O7. The number of hydrogen-bond acceptors (Lipinski definition) is 7. The van der Waals surface area contributed by atoms with E-state index < -0.39 is 12.0 Å². The molecular weight excluding hydrogens is 392 g/mol. The van der Waals surface area contributed by atoms with Gasteiger partial charge in [0.25, 0.3) is 5.91 Å². The Balaban J connectivity index is 1.91. The van der Waals surface area contributed by atoms with E-state index in [1.165, 1.54) is 21.1 Å². The smallest absolute Gasteiger partial charge is 0.411 e. The fraction of sp³-hybridized carbons (Fsp3) is 0.286. The first-order chi connectivity index (χ1) is 14.4. The number of Topliss-reactive ketones (excluding diaryl/α,β-unsaturated/α-hetero) is 1. The van der Waals surface area contributed by atoms with Crippen molar-refractivity contribution in [2.45, 2.75) is 6.92 Å². The summed E-state index contributed by atoms with van der Waals surface area (Å²) in [6, 6.07) is 11.3. The molecule has 0 fully saturated rings. The lowest BCUT2D eigenvalue weighted by Crippen LogP contribution is -2.20. The van der Waals surface area contributed by atoms with Gasteiger partial charge in [0.15, 0.2) is 23.9 Å². The van der Waals surface area contributed by atoms with Crippen LogP contribution in [-0.2, 0) is 14.3 Å². The molecule has 0 aliphatic rings. The maximum atomic E-state index is 12.2. The highest BCUT2D eigenvalue weighted by Crippen LogP contribution is 2.28. The van der Waals surface area contributed by atoms with Crippen molar-refractivity contribution >= 4 is 29.2 Å². The SMILES string of the molecule is COCCOC(=O)Nc1cccc(NC(=O)COc2ccc(C(C)=O)cc2OC)c1. The fourth-order valence-corrected chi connectivity index (χ4v) is 2.39. The van der Waals surface area contributed by atoms with Crippen molar-refractivity contribution in [2.75, 3.05) is 44.7 Å². The summed E-state index contributed by atoms with van der Waals surface area (Å²) in [6.07, 6.45) is -0.625. The number of ketones is 1. The molecule has 0 spiro atoms. The van der Waals surface area contributed by atoms with Crippen LogP contribution in [0.4, 0.5) is 16.2 Å². The van der Waals surface area contributed by atoms with Crippen LogP contribution in [0.5, 0.6) is 11.5 Å². The number of nitrogens with one attached hydrogen (secondary N) is 2. The molecule has 0 bridgehead atoms. The summed E-state index contributed by atoms with van der Waals surface area (Å²) >= 11 is 0. The van der Waals surface area contributed by atoms with Crippen molar-refractivity contribution in [3.63, 3.8) is 0 Å². The van der Waals surface area contributed by atoms with E-state index >= 15 is 0 Å². The van der Waals surface area contributed by atoms with Crippen LogP contribution < -0.4 is 20.1 Å². The van der Waals surface area contributed by atoms with E-state index in [0.717, 1.165) is 0 Å². The van der Waals surface area contributed by atoms with Gasteiger partial charge in [-0.15, -0.1) is 0 Å². The Kier molecular flexibility index (Phi) is 8.64. The van der Waals surface area contributed by atoms with E-state index in [1.54, 1.807) is 42.5 Å². The van der Waals surface area contributed by atoms with Crippen LogP contribution in [0.2, 0.25) is 0 Å². The zero-order valence-corrected chi connectivity index (χ0v) is 17.0. The average Bonchev–Trinajstić information content (AvgIpc) is 2.72. The quantitative estimate of drug-likeness (QED) is 0.452. The molecule has 2 aromatic carbocycles. The van der Waals surface area contributed by atoms with Gasteiger partial charge >= 0.3 is 6.09 Å². The number of rotatable bonds is 10. The predicted octanol–water partition coefficient (Wildman–Crippen LogP) is 3.11. The molecule has 0 aromatic heterocycles. The zero-order chi connectivity index (χ0) is 21.9. The van der Waals surface area contributed by atoms with Crippen LogP contribution in [0.15, 0.2) is 42.5 Å². The van der Waals surface area contributed by atoms with Crippen LogP contribution >= 0.6 is 0 Å². The molecule has 2 N–H and O–H groups in total. The number of hydrogen-bond donors (Lipinski definition) is 2. The summed E-state index contributed by atoms with van der Waals surface area (Å²) in [5.41, 5.74) is 1.41. The Hall–Kier alpha value is -3.59. The van der Waals surface area contributed by atoms with Crippen LogP contribution in [0.25, 0.3) is 0 Å². The molecule has 9 nitrogen and oxygen atoms in total. The second-order valence-corrected chi connectivity index (χ2v) is 6.09. The number of amides is 2.